The summed E-state index contributed by atoms with van der Waals surface area (Å²) in [7, 11) is 0. The number of phenols is 1. The Bertz CT molecular complexity index is 1130. The summed E-state index contributed by atoms with van der Waals surface area (Å²) in [5.41, 5.74) is 2.36. The van der Waals surface area contributed by atoms with Crippen molar-refractivity contribution in [3.8, 4) is 17.1 Å². The lowest BCUT2D eigenvalue weighted by molar-refractivity contribution is -0.116. The molecule has 1 atom stereocenters. The first-order valence-corrected chi connectivity index (χ1v) is 9.15. The van der Waals surface area contributed by atoms with Crippen LogP contribution in [0.15, 0.2) is 59.8 Å². The van der Waals surface area contributed by atoms with Crippen molar-refractivity contribution in [2.24, 2.45) is 0 Å². The molecule has 2 aliphatic rings. The summed E-state index contributed by atoms with van der Waals surface area (Å²) >= 11 is 0. The second-order valence-corrected chi connectivity index (χ2v) is 6.97. The summed E-state index contributed by atoms with van der Waals surface area (Å²) in [4.78, 5) is 17.3. The van der Waals surface area contributed by atoms with E-state index in [1.54, 1.807) is 47.1 Å². The molecule has 1 unspecified atom stereocenters. The van der Waals surface area contributed by atoms with Gasteiger partial charge in [-0.25, -0.2) is 9.07 Å². The number of aromatic hydroxyl groups is 1. The molecule has 7 heteroatoms. The van der Waals surface area contributed by atoms with Crippen LogP contribution in [0.25, 0.3) is 11.4 Å². The van der Waals surface area contributed by atoms with Gasteiger partial charge in [0.1, 0.15) is 17.6 Å². The topological polar surface area (TPSA) is 80.0 Å². The molecule has 0 fully saturated rings. The zero-order chi connectivity index (χ0) is 19.3. The fourth-order valence-electron chi connectivity index (χ4n) is 3.91. The predicted octanol–water partition coefficient (Wildman–Crippen LogP) is 3.81. The van der Waals surface area contributed by atoms with Gasteiger partial charge in [0.25, 0.3) is 0 Å². The van der Waals surface area contributed by atoms with Crippen molar-refractivity contribution in [3.63, 3.8) is 0 Å². The highest BCUT2D eigenvalue weighted by Gasteiger charge is 2.38. The summed E-state index contributed by atoms with van der Waals surface area (Å²) < 4.78 is 16.3. The number of carbonyl (C=O) groups is 1. The molecule has 2 heterocycles. The molecule has 2 aromatic carbocycles. The Morgan fingerprint density at radius 1 is 1.14 bits per heavy atom. The van der Waals surface area contributed by atoms with Crippen molar-refractivity contribution in [2.75, 3.05) is 5.32 Å². The van der Waals surface area contributed by atoms with Gasteiger partial charge in [0.05, 0.1) is 0 Å². The quantitative estimate of drug-likeness (QED) is 0.711. The van der Waals surface area contributed by atoms with Crippen LogP contribution in [-0.2, 0) is 4.79 Å². The summed E-state index contributed by atoms with van der Waals surface area (Å²) in [5.74, 6) is 0.575. The second kappa shape index (κ2) is 6.30. The van der Waals surface area contributed by atoms with E-state index in [0.717, 1.165) is 12.1 Å². The number of benzene rings is 2. The van der Waals surface area contributed by atoms with Gasteiger partial charge < -0.3 is 10.4 Å². The molecule has 1 aliphatic carbocycles. The van der Waals surface area contributed by atoms with Crippen LogP contribution in [0.4, 0.5) is 10.3 Å². The van der Waals surface area contributed by atoms with Gasteiger partial charge in [-0.2, -0.15) is 4.98 Å². The fourth-order valence-corrected chi connectivity index (χ4v) is 3.91. The van der Waals surface area contributed by atoms with E-state index in [1.165, 1.54) is 6.07 Å². The first-order valence-electron chi connectivity index (χ1n) is 9.15. The highest BCUT2D eigenvalue weighted by Crippen LogP contribution is 2.41. The van der Waals surface area contributed by atoms with E-state index in [4.69, 9.17) is 0 Å². The maximum atomic E-state index is 14.7. The lowest BCUT2D eigenvalue weighted by Gasteiger charge is -2.32. The summed E-state index contributed by atoms with van der Waals surface area (Å²) in [5, 5.41) is 17.5. The predicted molar refractivity (Wildman–Crippen MR) is 101 cm³/mol. The molecule has 5 rings (SSSR count). The molecule has 0 spiro atoms. The molecule has 0 amide bonds. The molecule has 6 nitrogen and oxygen atoms in total. The van der Waals surface area contributed by atoms with Crippen molar-refractivity contribution in [1.29, 1.82) is 0 Å². The fraction of sp³-hybridized carbons (Fsp3) is 0.190. The van der Waals surface area contributed by atoms with Crippen molar-refractivity contribution < 1.29 is 14.3 Å². The molecular weight excluding hydrogens is 359 g/mol. The summed E-state index contributed by atoms with van der Waals surface area (Å²) in [6.45, 7) is 0. The second-order valence-electron chi connectivity index (χ2n) is 6.97. The Balaban J connectivity index is 1.71. The number of carbonyl (C=O) groups excluding carboxylic acids is 1. The van der Waals surface area contributed by atoms with E-state index >= 15 is 0 Å². The van der Waals surface area contributed by atoms with Crippen molar-refractivity contribution in [1.82, 2.24) is 14.8 Å². The Morgan fingerprint density at radius 2 is 2.00 bits per heavy atom. The third kappa shape index (κ3) is 2.58. The van der Waals surface area contributed by atoms with Crippen molar-refractivity contribution >= 4 is 11.7 Å². The minimum atomic E-state index is -0.668. The maximum absolute atomic E-state index is 14.7. The molecule has 0 bridgehead atoms. The van der Waals surface area contributed by atoms with Crippen LogP contribution in [0.1, 0.15) is 30.9 Å². The van der Waals surface area contributed by atoms with Gasteiger partial charge in [0, 0.05) is 28.8 Å². The van der Waals surface area contributed by atoms with Crippen LogP contribution in [0, 0.1) is 5.82 Å². The van der Waals surface area contributed by atoms with Crippen LogP contribution in [-0.4, -0.2) is 25.7 Å². The Labute approximate surface area is 160 Å². The van der Waals surface area contributed by atoms with Crippen LogP contribution in [0.2, 0.25) is 0 Å². The van der Waals surface area contributed by atoms with Crippen molar-refractivity contribution in [3.05, 3.63) is 71.2 Å². The van der Waals surface area contributed by atoms with Gasteiger partial charge in [0.2, 0.25) is 5.95 Å². The minimum absolute atomic E-state index is 0.00191. The standard InChI is InChI=1S/C21H17FN4O2/c22-15-8-2-1-7-14(15)19-18-16(9-4-10-17(18)28)23-21-24-20(25-26(19)21)12-5-3-6-13(27)11-12/h1-3,5-8,11,19,27H,4,9-10H2,(H,23,24,25). The molecule has 2 N–H and O–H groups in total. The van der Waals surface area contributed by atoms with Gasteiger partial charge in [-0.15, -0.1) is 5.10 Å². The molecule has 28 heavy (non-hydrogen) atoms. The number of Topliss-reactive ketones (excluding diaryl/α,β-unsaturated/α-hetero) is 1. The number of halogens is 1. The number of anilines is 1. The maximum Gasteiger partial charge on any atom is 0.226 e. The van der Waals surface area contributed by atoms with E-state index in [-0.39, 0.29) is 17.3 Å². The zero-order valence-electron chi connectivity index (χ0n) is 14.9. The SMILES string of the molecule is O=C1CCCC2=C1C(c1ccccc1F)n1nc(-c3cccc(O)c3)nc1N2. The zero-order valence-corrected chi connectivity index (χ0v) is 14.9. The number of aromatic nitrogens is 3. The Hall–Kier alpha value is -3.48. The van der Waals surface area contributed by atoms with E-state index in [1.807, 2.05) is 0 Å². The average molecular weight is 376 g/mol. The molecule has 0 saturated carbocycles. The summed E-state index contributed by atoms with van der Waals surface area (Å²) in [6, 6.07) is 12.4. The Morgan fingerprint density at radius 3 is 2.82 bits per heavy atom. The molecule has 1 aromatic heterocycles. The highest BCUT2D eigenvalue weighted by molar-refractivity contribution is 5.99. The number of phenolic OH excluding ortho intramolecular Hbond substituents is 1. The highest BCUT2D eigenvalue weighted by atomic mass is 19.1. The van der Waals surface area contributed by atoms with Crippen LogP contribution in [0.3, 0.4) is 0 Å². The van der Waals surface area contributed by atoms with Gasteiger partial charge >= 0.3 is 0 Å². The van der Waals surface area contributed by atoms with E-state index < -0.39 is 6.04 Å². The number of hydrogen-bond acceptors (Lipinski definition) is 5. The average Bonchev–Trinajstić information content (AvgIpc) is 3.11. The molecule has 1 aliphatic heterocycles. The number of ketones is 1. The van der Waals surface area contributed by atoms with Gasteiger partial charge in [-0.3, -0.25) is 4.79 Å². The molecule has 3 aromatic rings. The Kier molecular flexibility index (Phi) is 3.75. The van der Waals surface area contributed by atoms with Gasteiger partial charge in [0.15, 0.2) is 11.6 Å². The van der Waals surface area contributed by atoms with Gasteiger partial charge in [-0.05, 0) is 31.0 Å². The monoisotopic (exact) mass is 376 g/mol. The number of rotatable bonds is 2. The van der Waals surface area contributed by atoms with Crippen LogP contribution in [0.5, 0.6) is 5.75 Å². The lowest BCUT2D eigenvalue weighted by Crippen LogP contribution is -2.32. The summed E-state index contributed by atoms with van der Waals surface area (Å²) in [6.07, 6.45) is 1.90. The third-order valence-electron chi connectivity index (χ3n) is 5.17. The number of allylic oxidation sites excluding steroid dienone is 2. The first-order chi connectivity index (χ1) is 13.6. The van der Waals surface area contributed by atoms with Crippen molar-refractivity contribution in [2.45, 2.75) is 25.3 Å². The number of nitrogens with zero attached hydrogens (tertiary/aromatic N) is 3. The van der Waals surface area contributed by atoms with Crippen LogP contribution < -0.4 is 5.32 Å². The first kappa shape index (κ1) is 16.7. The minimum Gasteiger partial charge on any atom is -0.508 e. The molecular formula is C21H17FN4O2. The van der Waals surface area contributed by atoms with Crippen LogP contribution >= 0.6 is 0 Å². The van der Waals surface area contributed by atoms with Gasteiger partial charge in [-0.1, -0.05) is 30.3 Å². The number of nitrogens with one attached hydrogen (secondary N) is 1. The molecule has 140 valence electrons. The molecule has 0 radical (unpaired) electrons. The smallest absolute Gasteiger partial charge is 0.226 e. The number of fused-ring (bicyclic) bond motifs is 1. The van der Waals surface area contributed by atoms with E-state index in [0.29, 0.717) is 41.3 Å². The van der Waals surface area contributed by atoms with E-state index in [2.05, 4.69) is 15.4 Å². The normalized spacial score (nSPS) is 18.5. The third-order valence-corrected chi connectivity index (χ3v) is 5.17. The van der Waals surface area contributed by atoms with E-state index in [9.17, 15) is 14.3 Å². The number of hydrogen-bond donors (Lipinski definition) is 2. The largest absolute Gasteiger partial charge is 0.508 e. The lowest BCUT2D eigenvalue weighted by atomic mass is 9.85. The molecule has 0 saturated heterocycles.